The highest BCUT2D eigenvalue weighted by Gasteiger charge is 2.40. The number of hydrogen-bond acceptors (Lipinski definition) is 7. The number of anilines is 2. The summed E-state index contributed by atoms with van der Waals surface area (Å²) in [6.45, 7) is 1.95. The number of aromatic nitrogens is 4. The Morgan fingerprint density at radius 2 is 1.76 bits per heavy atom. The molecular formula is C26H23F3N6O3. The second-order valence-corrected chi connectivity index (χ2v) is 8.97. The summed E-state index contributed by atoms with van der Waals surface area (Å²) in [6.07, 6.45) is 0.601. The number of nitrogens with one attached hydrogen (secondary N) is 3. The average Bonchev–Trinajstić information content (AvgIpc) is 3.37. The minimum atomic E-state index is -1.01. The average molecular weight is 525 g/mol. The third-order valence-electron chi connectivity index (χ3n) is 6.03. The second-order valence-electron chi connectivity index (χ2n) is 8.97. The van der Waals surface area contributed by atoms with Crippen LogP contribution in [0.15, 0.2) is 54.7 Å². The molecule has 1 saturated heterocycles. The lowest BCUT2D eigenvalue weighted by Crippen LogP contribution is -2.47. The predicted octanol–water partition coefficient (Wildman–Crippen LogP) is 4.49. The van der Waals surface area contributed by atoms with Crippen LogP contribution in [0.4, 0.5) is 24.8 Å². The number of amides is 1. The van der Waals surface area contributed by atoms with Crippen molar-refractivity contribution in [1.82, 2.24) is 25.3 Å². The van der Waals surface area contributed by atoms with Crippen molar-refractivity contribution in [2.45, 2.75) is 13.2 Å². The van der Waals surface area contributed by atoms with Crippen LogP contribution < -0.4 is 10.6 Å². The molecule has 0 bridgehead atoms. The molecule has 38 heavy (non-hydrogen) atoms. The molecule has 9 nitrogen and oxygen atoms in total. The Labute approximate surface area is 215 Å². The van der Waals surface area contributed by atoms with Crippen molar-refractivity contribution in [1.29, 1.82) is 0 Å². The van der Waals surface area contributed by atoms with E-state index in [1.807, 2.05) is 0 Å². The van der Waals surface area contributed by atoms with Crippen molar-refractivity contribution in [2.24, 2.45) is 5.41 Å². The molecule has 1 amide bonds. The number of benzene rings is 2. The molecular weight excluding hydrogens is 501 g/mol. The smallest absolute Gasteiger partial charge is 0.230 e. The van der Waals surface area contributed by atoms with E-state index in [0.29, 0.717) is 28.5 Å². The zero-order valence-electron chi connectivity index (χ0n) is 20.4. The number of hydrogen-bond donors (Lipinski definition) is 3. The van der Waals surface area contributed by atoms with Crippen molar-refractivity contribution >= 4 is 17.5 Å². The van der Waals surface area contributed by atoms with Crippen LogP contribution in [0.5, 0.6) is 0 Å². The Hall–Kier alpha value is -4.29. The van der Waals surface area contributed by atoms with Gasteiger partial charge in [0.2, 0.25) is 18.1 Å². The first kappa shape index (κ1) is 25.4. The summed E-state index contributed by atoms with van der Waals surface area (Å²) < 4.78 is 52.2. The first-order valence-electron chi connectivity index (χ1n) is 11.6. The number of carbonyl (C=O) groups excluding carboxylic acids is 1. The number of aromatic amines is 1. The van der Waals surface area contributed by atoms with Crippen LogP contribution in [0.3, 0.4) is 0 Å². The summed E-state index contributed by atoms with van der Waals surface area (Å²) in [5, 5.41) is 5.45. The molecule has 0 saturated carbocycles. The zero-order chi connectivity index (χ0) is 26.9. The number of carbonyl (C=O) groups is 1. The van der Waals surface area contributed by atoms with Gasteiger partial charge in [0.05, 0.1) is 35.7 Å². The predicted molar refractivity (Wildman–Crippen MR) is 131 cm³/mol. The SMILES string of the molecule is CNC(=O)C1(C)COC(c2nc(-c3ccc(F)cc3)c(-c3ccnc(Nc4ccc(F)c(F)c4)n3)[nH]2)OC1. The third-order valence-corrected chi connectivity index (χ3v) is 6.03. The fraction of sp³-hybridized carbons (Fsp3) is 0.231. The monoisotopic (exact) mass is 524 g/mol. The highest BCUT2D eigenvalue weighted by molar-refractivity contribution is 5.82. The van der Waals surface area contributed by atoms with Gasteiger partial charge in [-0.25, -0.2) is 28.1 Å². The molecule has 5 rings (SSSR count). The topological polar surface area (TPSA) is 114 Å². The van der Waals surface area contributed by atoms with E-state index in [1.54, 1.807) is 32.2 Å². The number of rotatable bonds is 6. The third kappa shape index (κ3) is 5.08. The maximum atomic E-state index is 13.6. The molecule has 0 radical (unpaired) electrons. The highest BCUT2D eigenvalue weighted by Crippen LogP contribution is 2.35. The summed E-state index contributed by atoms with van der Waals surface area (Å²) in [5.74, 6) is -2.14. The van der Waals surface area contributed by atoms with Crippen molar-refractivity contribution < 1.29 is 27.4 Å². The van der Waals surface area contributed by atoms with Crippen LogP contribution in [0, 0.1) is 22.9 Å². The molecule has 12 heteroatoms. The number of imidazole rings is 1. The molecule has 0 aliphatic carbocycles. The number of H-pyrrole nitrogens is 1. The van der Waals surface area contributed by atoms with E-state index < -0.39 is 29.2 Å². The molecule has 2 aromatic carbocycles. The summed E-state index contributed by atoms with van der Waals surface area (Å²) in [7, 11) is 1.55. The van der Waals surface area contributed by atoms with E-state index in [9.17, 15) is 18.0 Å². The molecule has 0 atom stereocenters. The summed E-state index contributed by atoms with van der Waals surface area (Å²) in [5.41, 5.74) is 1.33. The summed E-state index contributed by atoms with van der Waals surface area (Å²) in [6, 6.07) is 10.8. The molecule has 2 aromatic heterocycles. The Bertz CT molecular complexity index is 1470. The van der Waals surface area contributed by atoms with Crippen molar-refractivity contribution in [3.63, 3.8) is 0 Å². The van der Waals surface area contributed by atoms with Crippen molar-refractivity contribution in [3.05, 3.63) is 78.0 Å². The molecule has 3 N–H and O–H groups in total. The minimum absolute atomic E-state index is 0.106. The highest BCUT2D eigenvalue weighted by atomic mass is 19.2. The quantitative estimate of drug-likeness (QED) is 0.341. The van der Waals surface area contributed by atoms with Crippen LogP contribution in [-0.2, 0) is 14.3 Å². The lowest BCUT2D eigenvalue weighted by atomic mass is 9.91. The van der Waals surface area contributed by atoms with Gasteiger partial charge in [0.1, 0.15) is 5.82 Å². The molecule has 1 fully saturated rings. The van der Waals surface area contributed by atoms with Crippen molar-refractivity contribution in [2.75, 3.05) is 25.6 Å². The molecule has 3 heterocycles. The molecule has 1 aliphatic heterocycles. The van der Waals surface area contributed by atoms with Gasteiger partial charge >= 0.3 is 0 Å². The van der Waals surface area contributed by atoms with Gasteiger partial charge < -0.3 is 25.1 Å². The van der Waals surface area contributed by atoms with E-state index in [2.05, 4.69) is 30.6 Å². The Morgan fingerprint density at radius 1 is 1.03 bits per heavy atom. The molecule has 4 aromatic rings. The maximum Gasteiger partial charge on any atom is 0.230 e. The number of halogens is 3. The fourth-order valence-corrected chi connectivity index (χ4v) is 3.97. The van der Waals surface area contributed by atoms with Gasteiger partial charge in [0.25, 0.3) is 0 Å². The van der Waals surface area contributed by atoms with Crippen molar-refractivity contribution in [3.8, 4) is 22.6 Å². The summed E-state index contributed by atoms with van der Waals surface area (Å²) in [4.78, 5) is 28.7. The first-order chi connectivity index (χ1) is 18.3. The lowest BCUT2D eigenvalue weighted by Gasteiger charge is -2.34. The minimum Gasteiger partial charge on any atom is -0.359 e. The fourth-order valence-electron chi connectivity index (χ4n) is 3.97. The Morgan fingerprint density at radius 3 is 2.45 bits per heavy atom. The first-order valence-corrected chi connectivity index (χ1v) is 11.6. The molecule has 0 unspecified atom stereocenters. The van der Waals surface area contributed by atoms with Crippen LogP contribution in [0.1, 0.15) is 19.0 Å². The standard InChI is InChI=1S/C26H23F3N6O3/c1-26(24(36)30-2)12-37-23(38-13-26)22-34-20(14-3-5-15(27)6-4-14)21(35-22)19-9-10-31-25(33-19)32-16-7-8-17(28)18(29)11-16/h3-11,23H,12-13H2,1-2H3,(H,30,36)(H,34,35)(H,31,32,33). The molecule has 0 spiro atoms. The van der Waals surface area contributed by atoms with Gasteiger partial charge in [0, 0.05) is 30.6 Å². The van der Waals surface area contributed by atoms with Gasteiger partial charge in [-0.2, -0.15) is 0 Å². The van der Waals surface area contributed by atoms with Gasteiger partial charge in [-0.05, 0) is 49.4 Å². The lowest BCUT2D eigenvalue weighted by molar-refractivity contribution is -0.230. The van der Waals surface area contributed by atoms with Crippen LogP contribution in [-0.4, -0.2) is 46.1 Å². The second kappa shape index (κ2) is 10.2. The van der Waals surface area contributed by atoms with Crippen LogP contribution in [0.25, 0.3) is 22.6 Å². The number of ether oxygens (including phenoxy) is 2. The Balaban J connectivity index is 1.48. The molecule has 1 aliphatic rings. The van der Waals surface area contributed by atoms with Gasteiger partial charge in [-0.3, -0.25) is 4.79 Å². The van der Waals surface area contributed by atoms with E-state index in [0.717, 1.165) is 12.1 Å². The molecule has 196 valence electrons. The number of nitrogens with zero attached hydrogens (tertiary/aromatic N) is 3. The zero-order valence-corrected chi connectivity index (χ0v) is 20.4. The van der Waals surface area contributed by atoms with Crippen LogP contribution in [0.2, 0.25) is 0 Å². The normalized spacial score (nSPS) is 19.2. The van der Waals surface area contributed by atoms with E-state index in [4.69, 9.17) is 9.47 Å². The van der Waals surface area contributed by atoms with E-state index >= 15 is 0 Å². The van der Waals surface area contributed by atoms with E-state index in [1.165, 1.54) is 24.4 Å². The van der Waals surface area contributed by atoms with E-state index in [-0.39, 0.29) is 30.8 Å². The summed E-state index contributed by atoms with van der Waals surface area (Å²) >= 11 is 0. The van der Waals surface area contributed by atoms with Gasteiger partial charge in [0.15, 0.2) is 17.5 Å². The maximum absolute atomic E-state index is 13.6. The van der Waals surface area contributed by atoms with Crippen LogP contribution >= 0.6 is 0 Å². The van der Waals surface area contributed by atoms with Gasteiger partial charge in [-0.1, -0.05) is 0 Å². The largest absolute Gasteiger partial charge is 0.359 e. The Kier molecular flexibility index (Phi) is 6.83. The van der Waals surface area contributed by atoms with Gasteiger partial charge in [-0.15, -0.1) is 0 Å².